The molecule has 2 rings (SSSR count). The van der Waals surface area contributed by atoms with Crippen LogP contribution >= 0.6 is 0 Å². The lowest BCUT2D eigenvalue weighted by Crippen LogP contribution is -2.50. The normalized spacial score (nSPS) is 20.8. The van der Waals surface area contributed by atoms with Crippen LogP contribution in [0.3, 0.4) is 0 Å². The third-order valence-corrected chi connectivity index (χ3v) is 5.38. The van der Waals surface area contributed by atoms with Gasteiger partial charge in [-0.05, 0) is 37.5 Å². The first-order valence-corrected chi connectivity index (χ1v) is 7.85. The van der Waals surface area contributed by atoms with Crippen molar-refractivity contribution in [2.75, 3.05) is 6.54 Å². The summed E-state index contributed by atoms with van der Waals surface area (Å²) < 4.78 is 40.0. The molecule has 0 aromatic heterocycles. The Morgan fingerprint density at radius 2 is 2.10 bits per heavy atom. The quantitative estimate of drug-likeness (QED) is 0.909. The Balaban J connectivity index is 2.47. The third-order valence-electron chi connectivity index (χ3n) is 3.46. The molecule has 2 N–H and O–H groups in total. The number of nitrogens with zero attached hydrogens (tertiary/aromatic N) is 1. The average Bonchev–Trinajstić information content (AvgIpc) is 2.41. The molecule has 7 heteroatoms. The molecule has 110 valence electrons. The van der Waals surface area contributed by atoms with Gasteiger partial charge in [0.25, 0.3) is 0 Å². The Kier molecular flexibility index (Phi) is 4.10. The first kappa shape index (κ1) is 14.9. The van der Waals surface area contributed by atoms with Gasteiger partial charge in [-0.25, -0.2) is 12.8 Å². The van der Waals surface area contributed by atoms with Crippen LogP contribution in [0.5, 0.6) is 0 Å². The zero-order valence-corrected chi connectivity index (χ0v) is 12.0. The first-order valence-electron chi connectivity index (χ1n) is 6.41. The molecule has 0 unspecified atom stereocenters. The van der Waals surface area contributed by atoms with Gasteiger partial charge in [-0.3, -0.25) is 4.79 Å². The molecular weight excluding hydrogens is 283 g/mol. The lowest BCUT2D eigenvalue weighted by Gasteiger charge is -2.32. The van der Waals surface area contributed by atoms with E-state index in [9.17, 15) is 17.6 Å². The van der Waals surface area contributed by atoms with E-state index in [2.05, 4.69) is 0 Å². The fourth-order valence-electron chi connectivity index (χ4n) is 2.41. The van der Waals surface area contributed by atoms with Gasteiger partial charge in [-0.2, -0.15) is 4.31 Å². The number of halogens is 1. The number of piperidine rings is 1. The molecule has 0 saturated carbocycles. The molecule has 1 aromatic rings. The molecular formula is C13H17FN2O3S. The van der Waals surface area contributed by atoms with E-state index in [1.54, 1.807) is 6.92 Å². The predicted molar refractivity (Wildman–Crippen MR) is 71.9 cm³/mol. The number of hydrogen-bond acceptors (Lipinski definition) is 3. The minimum absolute atomic E-state index is 0.184. The molecule has 1 aliphatic rings. The van der Waals surface area contributed by atoms with Crippen LogP contribution in [-0.4, -0.2) is 31.2 Å². The smallest absolute Gasteiger partial charge is 0.246 e. The van der Waals surface area contributed by atoms with Crippen LogP contribution in [0.15, 0.2) is 23.1 Å². The van der Waals surface area contributed by atoms with Gasteiger partial charge in [0.15, 0.2) is 0 Å². The third kappa shape index (κ3) is 2.69. The molecule has 1 aromatic carbocycles. The van der Waals surface area contributed by atoms with Crippen LogP contribution < -0.4 is 5.73 Å². The maximum atomic E-state index is 13.8. The Labute approximate surface area is 117 Å². The van der Waals surface area contributed by atoms with Gasteiger partial charge in [0.05, 0.1) is 0 Å². The van der Waals surface area contributed by atoms with Crippen molar-refractivity contribution in [2.45, 2.75) is 37.1 Å². The van der Waals surface area contributed by atoms with Crippen molar-refractivity contribution in [3.8, 4) is 0 Å². The Morgan fingerprint density at radius 1 is 1.40 bits per heavy atom. The van der Waals surface area contributed by atoms with Crippen molar-refractivity contribution < 1.29 is 17.6 Å². The van der Waals surface area contributed by atoms with Crippen molar-refractivity contribution in [1.29, 1.82) is 0 Å². The van der Waals surface area contributed by atoms with Gasteiger partial charge in [-0.15, -0.1) is 0 Å². The van der Waals surface area contributed by atoms with Crippen LogP contribution in [0, 0.1) is 12.7 Å². The number of aryl methyl sites for hydroxylation is 1. The number of benzene rings is 1. The molecule has 1 heterocycles. The highest BCUT2D eigenvalue weighted by Gasteiger charge is 2.37. The lowest BCUT2D eigenvalue weighted by atomic mass is 10.0. The van der Waals surface area contributed by atoms with Gasteiger partial charge in [0.2, 0.25) is 15.9 Å². The number of carbonyl (C=O) groups excluding carboxylic acids is 1. The lowest BCUT2D eigenvalue weighted by molar-refractivity contribution is -0.122. The minimum Gasteiger partial charge on any atom is -0.368 e. The summed E-state index contributed by atoms with van der Waals surface area (Å²) in [5.41, 5.74) is 5.90. The van der Waals surface area contributed by atoms with Crippen LogP contribution in [0.2, 0.25) is 0 Å². The minimum atomic E-state index is -4.05. The molecule has 0 spiro atoms. The summed E-state index contributed by atoms with van der Waals surface area (Å²) in [6.07, 6.45) is 1.74. The second kappa shape index (κ2) is 5.49. The largest absolute Gasteiger partial charge is 0.368 e. The SMILES string of the molecule is Cc1ccc(F)c(S(=O)(=O)N2CCCC[C@H]2C(N)=O)c1. The zero-order chi connectivity index (χ0) is 14.9. The fraction of sp³-hybridized carbons (Fsp3) is 0.462. The monoisotopic (exact) mass is 300 g/mol. The molecule has 1 atom stereocenters. The van der Waals surface area contributed by atoms with Crippen LogP contribution in [0.4, 0.5) is 4.39 Å². The Hall–Kier alpha value is -1.47. The molecule has 1 amide bonds. The summed E-state index contributed by atoms with van der Waals surface area (Å²) in [7, 11) is -4.05. The van der Waals surface area contributed by atoms with Gasteiger partial charge in [0.1, 0.15) is 16.8 Å². The summed E-state index contributed by atoms with van der Waals surface area (Å²) >= 11 is 0. The number of primary amides is 1. The highest BCUT2D eigenvalue weighted by Crippen LogP contribution is 2.27. The number of carbonyl (C=O) groups is 1. The van der Waals surface area contributed by atoms with E-state index in [0.29, 0.717) is 18.4 Å². The molecule has 0 bridgehead atoms. The summed E-state index contributed by atoms with van der Waals surface area (Å²) in [5, 5.41) is 0. The zero-order valence-electron chi connectivity index (χ0n) is 11.2. The van der Waals surface area contributed by atoms with E-state index < -0.39 is 32.7 Å². The maximum absolute atomic E-state index is 13.8. The second-order valence-corrected chi connectivity index (χ2v) is 6.82. The number of amides is 1. The molecule has 0 aliphatic carbocycles. The predicted octanol–water partition coefficient (Wildman–Crippen LogP) is 1.16. The van der Waals surface area contributed by atoms with Crippen molar-refractivity contribution in [1.82, 2.24) is 4.31 Å². The standard InChI is InChI=1S/C13H17FN2O3S/c1-9-5-6-10(14)12(8-9)20(18,19)16-7-3-2-4-11(16)13(15)17/h5-6,8,11H,2-4,7H2,1H3,(H2,15,17)/t11-/m0/s1. The highest BCUT2D eigenvalue weighted by atomic mass is 32.2. The van der Waals surface area contributed by atoms with Gasteiger partial charge >= 0.3 is 0 Å². The summed E-state index contributed by atoms with van der Waals surface area (Å²) in [4.78, 5) is 11.0. The highest BCUT2D eigenvalue weighted by molar-refractivity contribution is 7.89. The maximum Gasteiger partial charge on any atom is 0.246 e. The van der Waals surface area contributed by atoms with Crippen LogP contribution in [0.25, 0.3) is 0 Å². The van der Waals surface area contributed by atoms with Crippen LogP contribution in [0.1, 0.15) is 24.8 Å². The molecule has 0 radical (unpaired) electrons. The molecule has 1 aliphatic heterocycles. The van der Waals surface area contributed by atoms with E-state index in [0.717, 1.165) is 16.8 Å². The average molecular weight is 300 g/mol. The van der Waals surface area contributed by atoms with Crippen molar-refractivity contribution in [2.24, 2.45) is 5.73 Å². The Morgan fingerprint density at radius 3 is 2.75 bits per heavy atom. The van der Waals surface area contributed by atoms with Crippen molar-refractivity contribution >= 4 is 15.9 Å². The molecule has 20 heavy (non-hydrogen) atoms. The molecule has 1 saturated heterocycles. The van der Waals surface area contributed by atoms with Gasteiger partial charge < -0.3 is 5.73 Å². The van der Waals surface area contributed by atoms with Crippen molar-refractivity contribution in [3.63, 3.8) is 0 Å². The Bertz CT molecular complexity index is 631. The van der Waals surface area contributed by atoms with Crippen LogP contribution in [-0.2, 0) is 14.8 Å². The van der Waals surface area contributed by atoms with Gasteiger partial charge in [-0.1, -0.05) is 12.5 Å². The number of rotatable bonds is 3. The van der Waals surface area contributed by atoms with Crippen molar-refractivity contribution in [3.05, 3.63) is 29.6 Å². The van der Waals surface area contributed by atoms with E-state index in [1.165, 1.54) is 12.1 Å². The molecule has 5 nitrogen and oxygen atoms in total. The van der Waals surface area contributed by atoms with E-state index in [4.69, 9.17) is 5.73 Å². The first-order chi connectivity index (χ1) is 9.34. The van der Waals surface area contributed by atoms with E-state index in [-0.39, 0.29) is 6.54 Å². The van der Waals surface area contributed by atoms with Gasteiger partial charge in [0, 0.05) is 6.54 Å². The van der Waals surface area contributed by atoms with E-state index >= 15 is 0 Å². The van der Waals surface area contributed by atoms with E-state index in [1.807, 2.05) is 0 Å². The topological polar surface area (TPSA) is 80.5 Å². The molecule has 1 fully saturated rings. The number of hydrogen-bond donors (Lipinski definition) is 1. The number of nitrogens with two attached hydrogens (primary N) is 1. The second-order valence-electron chi connectivity index (χ2n) is 4.96. The summed E-state index contributed by atoms with van der Waals surface area (Å²) in [5.74, 6) is -1.51. The fourth-order valence-corrected chi connectivity index (χ4v) is 4.23. The number of sulfonamides is 1. The summed E-state index contributed by atoms with van der Waals surface area (Å²) in [6.45, 7) is 1.86. The summed E-state index contributed by atoms with van der Waals surface area (Å²) in [6, 6.07) is 2.99.